The van der Waals surface area contributed by atoms with Crippen LogP contribution < -0.4 is 0 Å². The van der Waals surface area contributed by atoms with Gasteiger partial charge in [-0.05, 0) is 18.4 Å². The molecule has 1 fully saturated rings. The minimum absolute atomic E-state index is 0.0183. The summed E-state index contributed by atoms with van der Waals surface area (Å²) in [4.78, 5) is 13.3. The zero-order valence-electron chi connectivity index (χ0n) is 9.06. The number of hydrogen-bond donors (Lipinski definition) is 2. The first-order chi connectivity index (χ1) is 7.22. The molecule has 1 aliphatic heterocycles. The minimum Gasteiger partial charge on any atom is -0.396 e. The molecular formula is C10H19NO3S. The van der Waals surface area contributed by atoms with Crippen molar-refractivity contribution in [1.29, 1.82) is 0 Å². The quantitative estimate of drug-likeness (QED) is 0.675. The molecule has 88 valence electrons. The Kier molecular flexibility index (Phi) is 5.42. The Bertz CT molecular complexity index is 213. The van der Waals surface area contributed by atoms with Crippen molar-refractivity contribution in [3.63, 3.8) is 0 Å². The first-order valence-electron chi connectivity index (χ1n) is 5.23. The van der Waals surface area contributed by atoms with Crippen molar-refractivity contribution in [3.8, 4) is 0 Å². The number of nitrogens with zero attached hydrogens (tertiary/aromatic N) is 1. The molecule has 0 saturated carbocycles. The number of carbonyl (C=O) groups is 1. The predicted octanol–water partition coefficient (Wildman–Crippen LogP) is -0.0588. The van der Waals surface area contributed by atoms with Gasteiger partial charge in [-0.25, -0.2) is 0 Å². The molecule has 1 rings (SSSR count). The first-order valence-corrected chi connectivity index (χ1v) is 6.62. The second-order valence-electron chi connectivity index (χ2n) is 3.92. The molecule has 1 saturated heterocycles. The molecule has 1 unspecified atom stereocenters. The monoisotopic (exact) mass is 233 g/mol. The van der Waals surface area contributed by atoms with E-state index < -0.39 is 0 Å². The molecule has 2 atom stereocenters. The van der Waals surface area contributed by atoms with Crippen molar-refractivity contribution >= 4 is 17.7 Å². The zero-order valence-corrected chi connectivity index (χ0v) is 9.87. The summed E-state index contributed by atoms with van der Waals surface area (Å²) in [5.74, 6) is 1.06. The van der Waals surface area contributed by atoms with Crippen LogP contribution in [-0.2, 0) is 4.79 Å². The van der Waals surface area contributed by atoms with Crippen LogP contribution in [-0.4, -0.2) is 58.8 Å². The van der Waals surface area contributed by atoms with Gasteiger partial charge in [0.05, 0.1) is 12.6 Å². The smallest absolute Gasteiger partial charge is 0.223 e. The van der Waals surface area contributed by atoms with Crippen LogP contribution in [0.25, 0.3) is 0 Å². The van der Waals surface area contributed by atoms with Gasteiger partial charge in [-0.15, -0.1) is 0 Å². The average molecular weight is 233 g/mol. The summed E-state index contributed by atoms with van der Waals surface area (Å²) in [6.45, 7) is 0.669. The van der Waals surface area contributed by atoms with Crippen molar-refractivity contribution in [2.75, 3.05) is 31.8 Å². The van der Waals surface area contributed by atoms with Crippen LogP contribution in [0.2, 0.25) is 0 Å². The summed E-state index contributed by atoms with van der Waals surface area (Å²) in [6.07, 6.45) is 3.25. The number of thioether (sulfide) groups is 1. The van der Waals surface area contributed by atoms with Gasteiger partial charge in [0.2, 0.25) is 5.91 Å². The van der Waals surface area contributed by atoms with Gasteiger partial charge in [0.15, 0.2) is 0 Å². The fourth-order valence-electron chi connectivity index (χ4n) is 1.88. The van der Waals surface area contributed by atoms with Gasteiger partial charge in [-0.2, -0.15) is 11.8 Å². The molecule has 4 nitrogen and oxygen atoms in total. The number of carbonyl (C=O) groups excluding carboxylic acids is 1. The Balaban J connectivity index is 2.49. The minimum atomic E-state index is -0.0681. The van der Waals surface area contributed by atoms with Crippen LogP contribution >= 0.6 is 11.8 Å². The number of aliphatic hydroxyl groups excluding tert-OH is 2. The SMILES string of the molecule is CSCC[C@@H](CO)N1CC(CO)CC1=O. The van der Waals surface area contributed by atoms with Crippen molar-refractivity contribution < 1.29 is 15.0 Å². The highest BCUT2D eigenvalue weighted by Gasteiger charge is 2.33. The Morgan fingerprint density at radius 1 is 1.60 bits per heavy atom. The fourth-order valence-corrected chi connectivity index (χ4v) is 2.39. The van der Waals surface area contributed by atoms with E-state index in [1.807, 2.05) is 6.26 Å². The average Bonchev–Trinajstić information content (AvgIpc) is 2.61. The summed E-state index contributed by atoms with van der Waals surface area (Å²) < 4.78 is 0. The number of likely N-dealkylation sites (tertiary alicyclic amines) is 1. The van der Waals surface area contributed by atoms with E-state index in [1.54, 1.807) is 16.7 Å². The van der Waals surface area contributed by atoms with Crippen LogP contribution in [0.3, 0.4) is 0 Å². The van der Waals surface area contributed by atoms with E-state index in [1.165, 1.54) is 0 Å². The normalized spacial score (nSPS) is 23.5. The van der Waals surface area contributed by atoms with Crippen molar-refractivity contribution in [2.45, 2.75) is 18.9 Å². The summed E-state index contributed by atoms with van der Waals surface area (Å²) in [5, 5.41) is 18.2. The molecule has 0 radical (unpaired) electrons. The molecule has 1 amide bonds. The number of aliphatic hydroxyl groups is 2. The second-order valence-corrected chi connectivity index (χ2v) is 4.90. The highest BCUT2D eigenvalue weighted by Crippen LogP contribution is 2.21. The standard InChI is InChI=1S/C10H19NO3S/c1-15-3-2-9(7-13)11-5-8(6-12)4-10(11)14/h8-9,12-13H,2-7H2,1H3/t8?,9-/m0/s1. The maximum Gasteiger partial charge on any atom is 0.223 e. The van der Waals surface area contributed by atoms with Crippen molar-refractivity contribution in [3.05, 3.63) is 0 Å². The summed E-state index contributed by atoms with van der Waals surface area (Å²) >= 11 is 1.71. The van der Waals surface area contributed by atoms with Gasteiger partial charge in [-0.1, -0.05) is 0 Å². The third-order valence-corrected chi connectivity index (χ3v) is 3.45. The Labute approximate surface area is 94.7 Å². The lowest BCUT2D eigenvalue weighted by Crippen LogP contribution is -2.39. The fraction of sp³-hybridized carbons (Fsp3) is 0.900. The lowest BCUT2D eigenvalue weighted by molar-refractivity contribution is -0.130. The van der Waals surface area contributed by atoms with Crippen LogP contribution in [0.1, 0.15) is 12.8 Å². The van der Waals surface area contributed by atoms with Crippen molar-refractivity contribution in [1.82, 2.24) is 4.90 Å². The van der Waals surface area contributed by atoms with Crippen molar-refractivity contribution in [2.24, 2.45) is 5.92 Å². The Morgan fingerprint density at radius 2 is 2.33 bits per heavy atom. The van der Waals surface area contributed by atoms with Crippen LogP contribution in [0.4, 0.5) is 0 Å². The van der Waals surface area contributed by atoms with Gasteiger partial charge in [0.1, 0.15) is 0 Å². The Morgan fingerprint density at radius 3 is 2.80 bits per heavy atom. The van der Waals surface area contributed by atoms with E-state index in [2.05, 4.69) is 0 Å². The van der Waals surface area contributed by atoms with Gasteiger partial charge >= 0.3 is 0 Å². The highest BCUT2D eigenvalue weighted by atomic mass is 32.2. The number of hydrogen-bond acceptors (Lipinski definition) is 4. The topological polar surface area (TPSA) is 60.8 Å². The molecule has 1 heterocycles. The van der Waals surface area contributed by atoms with Gasteiger partial charge in [-0.3, -0.25) is 4.79 Å². The molecule has 2 N–H and O–H groups in total. The van der Waals surface area contributed by atoms with Crippen LogP contribution in [0.5, 0.6) is 0 Å². The van der Waals surface area contributed by atoms with E-state index in [0.717, 1.165) is 12.2 Å². The zero-order chi connectivity index (χ0) is 11.3. The summed E-state index contributed by atoms with van der Waals surface area (Å²) in [6, 6.07) is -0.0681. The van der Waals surface area contributed by atoms with E-state index >= 15 is 0 Å². The lowest BCUT2D eigenvalue weighted by Gasteiger charge is -2.26. The summed E-state index contributed by atoms with van der Waals surface area (Å²) in [7, 11) is 0. The van der Waals surface area contributed by atoms with Gasteiger partial charge in [0.25, 0.3) is 0 Å². The molecule has 0 aromatic rings. The van der Waals surface area contributed by atoms with E-state index in [4.69, 9.17) is 5.11 Å². The molecule has 1 aliphatic rings. The molecule has 15 heavy (non-hydrogen) atoms. The molecule has 0 spiro atoms. The maximum absolute atomic E-state index is 11.6. The van der Waals surface area contributed by atoms with E-state index in [-0.39, 0.29) is 31.1 Å². The molecule has 0 aromatic carbocycles. The molecular weight excluding hydrogens is 214 g/mol. The van der Waals surface area contributed by atoms with Gasteiger partial charge < -0.3 is 15.1 Å². The Hall–Kier alpha value is -0.260. The van der Waals surface area contributed by atoms with E-state index in [9.17, 15) is 9.90 Å². The van der Waals surface area contributed by atoms with E-state index in [0.29, 0.717) is 13.0 Å². The molecule has 0 aliphatic carbocycles. The largest absolute Gasteiger partial charge is 0.396 e. The highest BCUT2D eigenvalue weighted by molar-refractivity contribution is 7.98. The molecule has 5 heteroatoms. The maximum atomic E-state index is 11.6. The first kappa shape index (κ1) is 12.8. The third kappa shape index (κ3) is 3.36. The van der Waals surface area contributed by atoms with Crippen LogP contribution in [0, 0.1) is 5.92 Å². The second kappa shape index (κ2) is 6.35. The number of amides is 1. The molecule has 0 aromatic heterocycles. The van der Waals surface area contributed by atoms with Gasteiger partial charge in [0, 0.05) is 25.5 Å². The predicted molar refractivity (Wildman–Crippen MR) is 60.8 cm³/mol. The lowest BCUT2D eigenvalue weighted by atomic mass is 10.1. The molecule has 0 bridgehead atoms. The third-order valence-electron chi connectivity index (χ3n) is 2.80. The van der Waals surface area contributed by atoms with Crippen LogP contribution in [0.15, 0.2) is 0 Å². The number of rotatable bonds is 6. The summed E-state index contributed by atoms with van der Waals surface area (Å²) in [5.41, 5.74) is 0.